The van der Waals surface area contributed by atoms with Gasteiger partial charge in [0, 0.05) is 0 Å². The fraction of sp³-hybridized carbons (Fsp3) is 0.800. The van der Waals surface area contributed by atoms with E-state index in [0.29, 0.717) is 0 Å². The van der Waals surface area contributed by atoms with E-state index in [9.17, 15) is 4.79 Å². The van der Waals surface area contributed by atoms with Crippen LogP contribution in [0, 0.1) is 5.92 Å². The molecule has 0 bridgehead atoms. The van der Waals surface area contributed by atoms with Gasteiger partial charge in [-0.2, -0.15) is 0 Å². The largest absolute Gasteiger partial charge is 0.383 e. The summed E-state index contributed by atoms with van der Waals surface area (Å²) in [5.41, 5.74) is 1.86. The van der Waals surface area contributed by atoms with Gasteiger partial charge in [-0.15, -0.1) is 0 Å². The minimum atomic E-state index is -0.991. The number of aliphatic hydroxyl groups is 1. The van der Waals surface area contributed by atoms with Crippen LogP contribution < -0.4 is 11.3 Å². The lowest BCUT2D eigenvalue weighted by Crippen LogP contribution is -2.41. The van der Waals surface area contributed by atoms with Crippen LogP contribution >= 0.6 is 0 Å². The van der Waals surface area contributed by atoms with Gasteiger partial charge in [-0.25, -0.2) is 5.84 Å². The lowest BCUT2D eigenvalue weighted by molar-refractivity contribution is -0.131. The molecule has 1 amide bonds. The molecule has 0 aliphatic carbocycles. The molecule has 0 aromatic rings. The number of hydrazine groups is 1. The molecule has 0 aliphatic heterocycles. The van der Waals surface area contributed by atoms with Crippen LogP contribution in [0.15, 0.2) is 0 Å². The smallest absolute Gasteiger partial charge is 0.262 e. The molecule has 4 N–H and O–H groups in total. The maximum absolute atomic E-state index is 10.5. The number of carbonyl (C=O) groups excluding carboxylic acids is 1. The van der Waals surface area contributed by atoms with Crippen molar-refractivity contribution >= 4 is 5.91 Å². The third-order valence-electron chi connectivity index (χ3n) is 1.04. The molecule has 0 heterocycles. The van der Waals surface area contributed by atoms with E-state index in [1.807, 2.05) is 5.43 Å². The summed E-state index contributed by atoms with van der Waals surface area (Å²) in [5, 5.41) is 8.90. The third-order valence-corrected chi connectivity index (χ3v) is 1.04. The van der Waals surface area contributed by atoms with E-state index in [0.717, 1.165) is 0 Å². The number of hydrogen-bond donors (Lipinski definition) is 3. The van der Waals surface area contributed by atoms with E-state index in [-0.39, 0.29) is 5.92 Å². The van der Waals surface area contributed by atoms with Crippen molar-refractivity contribution in [3.8, 4) is 0 Å². The van der Waals surface area contributed by atoms with Crippen LogP contribution in [0.2, 0.25) is 0 Å². The second-order valence-corrected chi connectivity index (χ2v) is 2.20. The van der Waals surface area contributed by atoms with Gasteiger partial charge in [-0.05, 0) is 5.92 Å². The quantitative estimate of drug-likeness (QED) is 0.256. The van der Waals surface area contributed by atoms with Crippen molar-refractivity contribution in [1.82, 2.24) is 5.43 Å². The van der Waals surface area contributed by atoms with Gasteiger partial charge >= 0.3 is 0 Å². The molecule has 0 radical (unpaired) electrons. The number of nitrogens with one attached hydrogen (secondary N) is 1. The van der Waals surface area contributed by atoms with Crippen molar-refractivity contribution in [2.75, 3.05) is 0 Å². The van der Waals surface area contributed by atoms with Crippen molar-refractivity contribution in [1.29, 1.82) is 0 Å². The van der Waals surface area contributed by atoms with Crippen LogP contribution in [0.1, 0.15) is 13.8 Å². The predicted octanol–water partition coefficient (Wildman–Crippen LogP) is -1.01. The Bertz CT molecular complexity index is 103. The van der Waals surface area contributed by atoms with Crippen LogP contribution in [-0.4, -0.2) is 17.1 Å². The van der Waals surface area contributed by atoms with E-state index in [4.69, 9.17) is 10.9 Å². The van der Waals surface area contributed by atoms with Crippen LogP contribution in [0.25, 0.3) is 0 Å². The Morgan fingerprint density at radius 3 is 2.22 bits per heavy atom. The topological polar surface area (TPSA) is 75.3 Å². The van der Waals surface area contributed by atoms with E-state index in [1.54, 1.807) is 13.8 Å². The number of carbonyl (C=O) groups is 1. The zero-order chi connectivity index (χ0) is 7.44. The summed E-state index contributed by atoms with van der Waals surface area (Å²) < 4.78 is 0. The standard InChI is InChI=1S/C5H12N2O2/c1-3(2)4(8)5(9)7-6/h3-4,8H,6H2,1-2H3,(H,7,9)/t4-/m0/s1. The second kappa shape index (κ2) is 3.42. The monoisotopic (exact) mass is 132 g/mol. The fourth-order valence-electron chi connectivity index (χ4n) is 0.388. The lowest BCUT2D eigenvalue weighted by Gasteiger charge is -2.10. The van der Waals surface area contributed by atoms with Crippen LogP contribution in [-0.2, 0) is 4.79 Å². The van der Waals surface area contributed by atoms with E-state index < -0.39 is 12.0 Å². The highest BCUT2D eigenvalue weighted by Crippen LogP contribution is 1.98. The average molecular weight is 132 g/mol. The Morgan fingerprint density at radius 1 is 1.67 bits per heavy atom. The summed E-state index contributed by atoms with van der Waals surface area (Å²) in [6, 6.07) is 0. The molecule has 0 rings (SSSR count). The van der Waals surface area contributed by atoms with Gasteiger partial charge < -0.3 is 5.11 Å². The molecule has 9 heavy (non-hydrogen) atoms. The molecule has 4 heteroatoms. The highest BCUT2D eigenvalue weighted by atomic mass is 16.3. The SMILES string of the molecule is CC(C)[C@H](O)C(=O)NN. The number of amides is 1. The van der Waals surface area contributed by atoms with E-state index in [2.05, 4.69) is 0 Å². The summed E-state index contributed by atoms with van der Waals surface area (Å²) in [4.78, 5) is 10.5. The Labute approximate surface area is 54.0 Å². The number of hydrogen-bond acceptors (Lipinski definition) is 3. The first kappa shape index (κ1) is 8.39. The average Bonchev–Trinajstić information content (AvgIpc) is 1.84. The molecule has 0 aromatic carbocycles. The Kier molecular flexibility index (Phi) is 3.19. The Morgan fingerprint density at radius 2 is 2.11 bits per heavy atom. The molecule has 0 spiro atoms. The van der Waals surface area contributed by atoms with Crippen LogP contribution in [0.3, 0.4) is 0 Å². The fourth-order valence-corrected chi connectivity index (χ4v) is 0.388. The summed E-state index contributed by atoms with van der Waals surface area (Å²) in [7, 11) is 0. The van der Waals surface area contributed by atoms with Crippen LogP contribution in [0.4, 0.5) is 0 Å². The lowest BCUT2D eigenvalue weighted by atomic mass is 10.1. The van der Waals surface area contributed by atoms with Gasteiger partial charge in [-0.1, -0.05) is 13.8 Å². The highest BCUT2D eigenvalue weighted by molar-refractivity contribution is 5.79. The minimum absolute atomic E-state index is 0.0893. The number of nitrogens with two attached hydrogens (primary N) is 1. The van der Waals surface area contributed by atoms with Gasteiger partial charge in [0.2, 0.25) is 0 Å². The zero-order valence-corrected chi connectivity index (χ0v) is 5.59. The van der Waals surface area contributed by atoms with Crippen molar-refractivity contribution in [3.63, 3.8) is 0 Å². The van der Waals surface area contributed by atoms with Gasteiger partial charge in [-0.3, -0.25) is 10.2 Å². The van der Waals surface area contributed by atoms with E-state index in [1.165, 1.54) is 0 Å². The number of rotatable bonds is 2. The first-order chi connectivity index (χ1) is 4.09. The first-order valence-corrected chi connectivity index (χ1v) is 2.78. The van der Waals surface area contributed by atoms with Crippen molar-refractivity contribution < 1.29 is 9.90 Å². The van der Waals surface area contributed by atoms with Crippen molar-refractivity contribution in [3.05, 3.63) is 0 Å². The summed E-state index contributed by atoms with van der Waals surface area (Å²) >= 11 is 0. The molecule has 0 fully saturated rings. The van der Waals surface area contributed by atoms with Gasteiger partial charge in [0.15, 0.2) is 0 Å². The van der Waals surface area contributed by atoms with E-state index >= 15 is 0 Å². The van der Waals surface area contributed by atoms with Gasteiger partial charge in [0.05, 0.1) is 0 Å². The number of aliphatic hydroxyl groups excluding tert-OH is 1. The van der Waals surface area contributed by atoms with Crippen molar-refractivity contribution in [2.45, 2.75) is 20.0 Å². The molecular weight excluding hydrogens is 120 g/mol. The maximum atomic E-state index is 10.5. The molecular formula is C5H12N2O2. The molecule has 0 aliphatic rings. The van der Waals surface area contributed by atoms with Gasteiger partial charge in [0.25, 0.3) is 5.91 Å². The molecule has 0 saturated carbocycles. The summed E-state index contributed by atoms with van der Waals surface area (Å²) in [5.74, 6) is 4.12. The van der Waals surface area contributed by atoms with Crippen molar-refractivity contribution in [2.24, 2.45) is 11.8 Å². The summed E-state index contributed by atoms with van der Waals surface area (Å²) in [6.07, 6.45) is -0.991. The molecule has 0 saturated heterocycles. The highest BCUT2D eigenvalue weighted by Gasteiger charge is 2.16. The molecule has 0 aromatic heterocycles. The Hall–Kier alpha value is -0.610. The van der Waals surface area contributed by atoms with Crippen LogP contribution in [0.5, 0.6) is 0 Å². The molecule has 0 unspecified atom stereocenters. The van der Waals surface area contributed by atoms with Gasteiger partial charge in [0.1, 0.15) is 6.10 Å². The normalized spacial score (nSPS) is 13.4. The minimum Gasteiger partial charge on any atom is -0.383 e. The third kappa shape index (κ3) is 2.43. The predicted molar refractivity (Wildman–Crippen MR) is 33.2 cm³/mol. The molecule has 54 valence electrons. The zero-order valence-electron chi connectivity index (χ0n) is 5.59. The summed E-state index contributed by atoms with van der Waals surface area (Å²) in [6.45, 7) is 3.47. The second-order valence-electron chi connectivity index (χ2n) is 2.20. The molecule has 4 nitrogen and oxygen atoms in total. The maximum Gasteiger partial charge on any atom is 0.262 e. The Balaban J connectivity index is 3.72. The first-order valence-electron chi connectivity index (χ1n) is 2.78. The molecule has 1 atom stereocenters.